The summed E-state index contributed by atoms with van der Waals surface area (Å²) in [6.07, 6.45) is 0.978. The summed E-state index contributed by atoms with van der Waals surface area (Å²) in [5.41, 5.74) is 4.62. The van der Waals surface area contributed by atoms with Crippen LogP contribution in [0.25, 0.3) is 21.9 Å². The van der Waals surface area contributed by atoms with Gasteiger partial charge in [-0.1, -0.05) is 25.5 Å². The van der Waals surface area contributed by atoms with E-state index in [9.17, 15) is 14.4 Å². The van der Waals surface area contributed by atoms with Crippen LogP contribution in [0, 0.1) is 13.8 Å². The van der Waals surface area contributed by atoms with E-state index >= 15 is 0 Å². The average Bonchev–Trinajstić information content (AvgIpc) is 3.60. The lowest BCUT2D eigenvalue weighted by atomic mass is 9.93. The van der Waals surface area contributed by atoms with Gasteiger partial charge in [0.05, 0.1) is 23.9 Å². The van der Waals surface area contributed by atoms with Crippen LogP contribution >= 0.6 is 0 Å². The minimum Gasteiger partial charge on any atom is -0.465 e. The van der Waals surface area contributed by atoms with E-state index in [1.807, 2.05) is 39.0 Å². The molecule has 1 N–H and O–H groups in total. The fourth-order valence-corrected chi connectivity index (χ4v) is 5.49. The summed E-state index contributed by atoms with van der Waals surface area (Å²) in [7, 11) is 3.00. The molecule has 0 radical (unpaired) electrons. The van der Waals surface area contributed by atoms with Crippen molar-refractivity contribution in [1.82, 2.24) is 9.88 Å². The number of rotatable bonds is 6. The van der Waals surface area contributed by atoms with Crippen molar-refractivity contribution in [3.05, 3.63) is 58.5 Å². The minimum absolute atomic E-state index is 0.0517. The molecule has 9 nitrogen and oxygen atoms in total. The van der Waals surface area contributed by atoms with E-state index in [1.54, 1.807) is 31.0 Å². The van der Waals surface area contributed by atoms with Gasteiger partial charge in [0.2, 0.25) is 0 Å². The summed E-state index contributed by atoms with van der Waals surface area (Å²) in [5, 5.41) is 1.46. The highest BCUT2D eigenvalue weighted by molar-refractivity contribution is 6.14. The quantitative estimate of drug-likeness (QED) is 0.292. The molecule has 0 bridgehead atoms. The molecule has 0 saturated heterocycles. The third kappa shape index (κ3) is 4.41. The van der Waals surface area contributed by atoms with Gasteiger partial charge in [-0.15, -0.1) is 0 Å². The minimum atomic E-state index is -0.527. The summed E-state index contributed by atoms with van der Waals surface area (Å²) >= 11 is 0. The van der Waals surface area contributed by atoms with Gasteiger partial charge in [0.1, 0.15) is 5.58 Å². The van der Waals surface area contributed by atoms with Gasteiger partial charge >= 0.3 is 12.1 Å². The summed E-state index contributed by atoms with van der Waals surface area (Å²) in [6, 6.07) is 9.23. The smallest absolute Gasteiger partial charge is 0.415 e. The zero-order valence-electron chi connectivity index (χ0n) is 23.1. The summed E-state index contributed by atoms with van der Waals surface area (Å²) < 4.78 is 16.9. The number of ether oxygens (including phenoxy) is 2. The largest absolute Gasteiger partial charge is 0.465 e. The second kappa shape index (κ2) is 10.1. The normalized spacial score (nSPS) is 14.6. The van der Waals surface area contributed by atoms with Gasteiger partial charge in [0.15, 0.2) is 11.5 Å². The number of benzene rings is 2. The van der Waals surface area contributed by atoms with E-state index in [0.29, 0.717) is 46.5 Å². The van der Waals surface area contributed by atoms with Gasteiger partial charge in [-0.2, -0.15) is 0 Å². The van der Waals surface area contributed by atoms with Gasteiger partial charge in [0.25, 0.3) is 5.91 Å². The number of furan rings is 1. The van der Waals surface area contributed by atoms with Crippen LogP contribution in [0.5, 0.6) is 5.75 Å². The number of hydrogen-bond donors (Lipinski definition) is 1. The lowest BCUT2D eigenvalue weighted by Crippen LogP contribution is -2.31. The predicted molar refractivity (Wildman–Crippen MR) is 149 cm³/mol. The molecule has 1 atom stereocenters. The second-order valence-electron chi connectivity index (χ2n) is 10.1. The van der Waals surface area contributed by atoms with E-state index in [0.717, 1.165) is 29.4 Å². The lowest BCUT2D eigenvalue weighted by Gasteiger charge is -2.19. The zero-order chi connectivity index (χ0) is 28.0. The van der Waals surface area contributed by atoms with Crippen LogP contribution in [0.4, 0.5) is 10.5 Å². The van der Waals surface area contributed by atoms with Crippen molar-refractivity contribution in [3.63, 3.8) is 0 Å². The van der Waals surface area contributed by atoms with Gasteiger partial charge in [-0.25, -0.2) is 9.59 Å². The Hall–Kier alpha value is -4.27. The highest BCUT2D eigenvalue weighted by Crippen LogP contribution is 2.48. The molecular weight excluding hydrogens is 498 g/mol. The molecule has 1 aliphatic heterocycles. The number of hydrogen-bond acceptors (Lipinski definition) is 6. The number of fused-ring (bicyclic) bond motifs is 4. The Kier molecular flexibility index (Phi) is 6.84. The topological polar surface area (TPSA) is 105 Å². The van der Waals surface area contributed by atoms with Crippen LogP contribution in [0.15, 0.2) is 34.7 Å². The Labute approximate surface area is 226 Å². The van der Waals surface area contributed by atoms with Crippen molar-refractivity contribution in [2.75, 3.05) is 32.1 Å². The highest BCUT2D eigenvalue weighted by Gasteiger charge is 2.38. The van der Waals surface area contributed by atoms with Crippen LogP contribution < -0.4 is 9.64 Å². The number of carbonyl (C=O) groups is 3. The number of amides is 2. The number of H-pyrrole nitrogens is 1. The third-order valence-corrected chi connectivity index (χ3v) is 7.43. The Bertz CT molecular complexity index is 1610. The first-order valence-electron chi connectivity index (χ1n) is 13.2. The molecule has 2 amide bonds. The van der Waals surface area contributed by atoms with E-state index < -0.39 is 12.1 Å². The first-order chi connectivity index (χ1) is 18.7. The first kappa shape index (κ1) is 26.3. The molecular formula is C30H33N3O6. The lowest BCUT2D eigenvalue weighted by molar-refractivity contribution is 0.0602. The molecule has 4 aromatic rings. The molecule has 204 valence electrons. The maximum atomic E-state index is 13.9. The Morgan fingerprint density at radius 2 is 1.92 bits per heavy atom. The van der Waals surface area contributed by atoms with Crippen molar-refractivity contribution in [1.29, 1.82) is 0 Å². The molecule has 0 spiro atoms. The van der Waals surface area contributed by atoms with Crippen LogP contribution in [-0.4, -0.2) is 55.1 Å². The van der Waals surface area contributed by atoms with Crippen LogP contribution in [0.1, 0.15) is 70.3 Å². The number of carbonyl (C=O) groups excluding carboxylic acids is 3. The van der Waals surface area contributed by atoms with Gasteiger partial charge in [-0.05, 0) is 50.5 Å². The first-order valence-corrected chi connectivity index (χ1v) is 13.2. The summed E-state index contributed by atoms with van der Waals surface area (Å²) in [6.45, 7) is 8.71. The summed E-state index contributed by atoms with van der Waals surface area (Å²) in [4.78, 5) is 46.1. The molecule has 0 fully saturated rings. The molecule has 0 saturated carbocycles. The number of esters is 1. The van der Waals surface area contributed by atoms with Crippen molar-refractivity contribution in [3.8, 4) is 5.75 Å². The Morgan fingerprint density at radius 1 is 1.15 bits per heavy atom. The number of methoxy groups -OCH3 is 1. The monoisotopic (exact) mass is 531 g/mol. The number of anilines is 1. The SMILES string of the molecule is CCCN(C)C(=O)Oc1cc2c(c3c(C(=O)OC)c(C)[nH]c13)[C@H](CC)CN2C(=O)c1cc2cc(C)ccc2o1. The fraction of sp³-hybridized carbons (Fsp3) is 0.367. The van der Waals surface area contributed by atoms with Gasteiger partial charge in [0, 0.05) is 48.6 Å². The predicted octanol–water partition coefficient (Wildman–Crippen LogP) is 6.31. The van der Waals surface area contributed by atoms with E-state index in [4.69, 9.17) is 13.9 Å². The number of aromatic amines is 1. The molecule has 2 aromatic heterocycles. The molecule has 39 heavy (non-hydrogen) atoms. The fourth-order valence-electron chi connectivity index (χ4n) is 5.49. The van der Waals surface area contributed by atoms with Crippen molar-refractivity contribution in [2.45, 2.75) is 46.5 Å². The third-order valence-electron chi connectivity index (χ3n) is 7.43. The maximum Gasteiger partial charge on any atom is 0.415 e. The highest BCUT2D eigenvalue weighted by atomic mass is 16.6. The second-order valence-corrected chi connectivity index (χ2v) is 10.1. The van der Waals surface area contributed by atoms with Crippen molar-refractivity contribution >= 4 is 45.5 Å². The molecule has 1 aliphatic rings. The Balaban J connectivity index is 1.69. The number of nitrogens with zero attached hydrogens (tertiary/aromatic N) is 2. The summed E-state index contributed by atoms with van der Waals surface area (Å²) in [5.74, 6) is -0.389. The van der Waals surface area contributed by atoms with Gasteiger partial charge in [-0.3, -0.25) is 4.79 Å². The molecule has 0 aliphatic carbocycles. The maximum absolute atomic E-state index is 13.9. The standard InChI is InChI=1S/C30H33N3O6/c1-7-11-32(5)30(36)39-22-14-20-25(26-24(29(35)37-6)17(4)31-27(22)26)18(8-2)15-33(20)28(34)23-13-19-12-16(3)9-10-21(19)38-23/h9-10,12-14,18,31H,7-8,11,15H2,1-6H3/t18-/m1/s1. The van der Waals surface area contributed by atoms with Crippen LogP contribution in [0.3, 0.4) is 0 Å². The number of nitrogens with one attached hydrogen (secondary N) is 1. The van der Waals surface area contributed by atoms with Crippen LogP contribution in [-0.2, 0) is 4.74 Å². The Morgan fingerprint density at radius 3 is 2.62 bits per heavy atom. The van der Waals surface area contributed by atoms with Crippen LogP contribution in [0.2, 0.25) is 0 Å². The zero-order valence-corrected chi connectivity index (χ0v) is 23.1. The molecule has 0 unspecified atom stereocenters. The molecule has 5 rings (SSSR count). The van der Waals surface area contributed by atoms with E-state index in [1.165, 1.54) is 12.0 Å². The molecule has 2 aromatic carbocycles. The van der Waals surface area contributed by atoms with Gasteiger partial charge < -0.3 is 28.7 Å². The number of aromatic nitrogens is 1. The average molecular weight is 532 g/mol. The molecule has 3 heterocycles. The van der Waals surface area contributed by atoms with E-state index in [-0.39, 0.29) is 23.3 Å². The molecule has 9 heteroatoms. The van der Waals surface area contributed by atoms with Crippen molar-refractivity contribution < 1.29 is 28.3 Å². The number of aryl methyl sites for hydroxylation is 2. The van der Waals surface area contributed by atoms with E-state index in [2.05, 4.69) is 4.98 Å². The van der Waals surface area contributed by atoms with Crippen molar-refractivity contribution in [2.24, 2.45) is 0 Å².